The Kier molecular flexibility index (Phi) is 3.62. The Morgan fingerprint density at radius 1 is 1.05 bits per heavy atom. The van der Waals surface area contributed by atoms with Gasteiger partial charge in [-0.3, -0.25) is 0 Å². The maximum atomic E-state index is 2.75. The Hall–Kier alpha value is -1.08. The second-order valence-corrected chi connectivity index (χ2v) is 7.39. The van der Waals surface area contributed by atoms with Crippen molar-refractivity contribution in [2.45, 2.75) is 50.4 Å². The van der Waals surface area contributed by atoms with Crippen molar-refractivity contribution < 1.29 is 0 Å². The van der Waals surface area contributed by atoms with E-state index in [1.807, 2.05) is 0 Å². The number of nitrogens with zero attached hydrogens (tertiary/aromatic N) is 1. The molecule has 0 radical (unpaired) electrons. The van der Waals surface area contributed by atoms with Gasteiger partial charge in [-0.15, -0.1) is 0 Å². The molecule has 112 valence electrons. The first-order valence-corrected chi connectivity index (χ1v) is 8.81. The highest BCUT2D eigenvalue weighted by Crippen LogP contribution is 2.46. The van der Waals surface area contributed by atoms with E-state index in [0.29, 0.717) is 5.41 Å². The number of piperidine rings is 1. The molecule has 0 unspecified atom stereocenters. The molecule has 0 saturated carbocycles. The van der Waals surface area contributed by atoms with Crippen LogP contribution >= 0.6 is 0 Å². The van der Waals surface area contributed by atoms with Gasteiger partial charge < -0.3 is 4.90 Å². The molecule has 1 aliphatic heterocycles. The molecule has 0 N–H and O–H groups in total. The Morgan fingerprint density at radius 3 is 2.71 bits per heavy atom. The van der Waals surface area contributed by atoms with Crippen LogP contribution in [0.15, 0.2) is 36.4 Å². The van der Waals surface area contributed by atoms with Crippen molar-refractivity contribution in [1.29, 1.82) is 0 Å². The van der Waals surface area contributed by atoms with Crippen LogP contribution in [-0.2, 0) is 11.8 Å². The van der Waals surface area contributed by atoms with Crippen LogP contribution < -0.4 is 0 Å². The predicted octanol–water partition coefficient (Wildman–Crippen LogP) is 4.32. The fraction of sp³-hybridized carbons (Fsp3) is 0.600. The van der Waals surface area contributed by atoms with Crippen LogP contribution in [0.1, 0.15) is 49.7 Å². The van der Waals surface area contributed by atoms with E-state index in [4.69, 9.17) is 0 Å². The first kappa shape index (κ1) is 13.6. The second kappa shape index (κ2) is 5.61. The third-order valence-electron chi connectivity index (χ3n) is 6.17. The summed E-state index contributed by atoms with van der Waals surface area (Å²) in [6, 6.07) is 9.21. The fourth-order valence-corrected chi connectivity index (χ4v) is 4.83. The monoisotopic (exact) mass is 281 g/mol. The number of aryl methyl sites for hydroxylation is 1. The van der Waals surface area contributed by atoms with Gasteiger partial charge in [-0.1, -0.05) is 36.4 Å². The highest BCUT2D eigenvalue weighted by molar-refractivity contribution is 5.39. The van der Waals surface area contributed by atoms with Gasteiger partial charge in [0.1, 0.15) is 0 Å². The average Bonchev–Trinajstić information content (AvgIpc) is 2.90. The van der Waals surface area contributed by atoms with Gasteiger partial charge in [0.15, 0.2) is 0 Å². The Labute approximate surface area is 129 Å². The first-order valence-electron chi connectivity index (χ1n) is 8.81. The SMILES string of the molecule is C1=CC[C@@H](CN2CCC3(CCc4ccccc43)CC2)CC1. The van der Waals surface area contributed by atoms with Gasteiger partial charge in [-0.25, -0.2) is 0 Å². The number of hydrogen-bond donors (Lipinski definition) is 0. The molecule has 21 heavy (non-hydrogen) atoms. The van der Waals surface area contributed by atoms with Gasteiger partial charge in [0, 0.05) is 6.54 Å². The van der Waals surface area contributed by atoms with Gasteiger partial charge in [0.25, 0.3) is 0 Å². The fourth-order valence-electron chi connectivity index (χ4n) is 4.83. The summed E-state index contributed by atoms with van der Waals surface area (Å²) in [7, 11) is 0. The van der Waals surface area contributed by atoms with Crippen LogP contribution in [0.25, 0.3) is 0 Å². The minimum absolute atomic E-state index is 0.527. The van der Waals surface area contributed by atoms with E-state index in [1.165, 1.54) is 64.6 Å². The van der Waals surface area contributed by atoms with Crippen molar-refractivity contribution >= 4 is 0 Å². The van der Waals surface area contributed by atoms with Crippen LogP contribution in [0.2, 0.25) is 0 Å². The molecule has 1 saturated heterocycles. The molecular weight excluding hydrogens is 254 g/mol. The highest BCUT2D eigenvalue weighted by Gasteiger charge is 2.40. The van der Waals surface area contributed by atoms with Crippen LogP contribution in [0, 0.1) is 5.92 Å². The van der Waals surface area contributed by atoms with Crippen molar-refractivity contribution in [2.24, 2.45) is 5.92 Å². The molecule has 1 aromatic rings. The highest BCUT2D eigenvalue weighted by atomic mass is 15.1. The number of rotatable bonds is 2. The maximum absolute atomic E-state index is 2.75. The maximum Gasteiger partial charge on any atom is 0.00127 e. The van der Waals surface area contributed by atoms with Gasteiger partial charge in [0.05, 0.1) is 0 Å². The summed E-state index contributed by atoms with van der Waals surface area (Å²) in [5.74, 6) is 0.917. The van der Waals surface area contributed by atoms with Gasteiger partial charge in [-0.05, 0) is 80.5 Å². The second-order valence-electron chi connectivity index (χ2n) is 7.39. The van der Waals surface area contributed by atoms with E-state index in [1.54, 1.807) is 11.1 Å². The quantitative estimate of drug-likeness (QED) is 0.730. The normalized spacial score (nSPS) is 27.9. The van der Waals surface area contributed by atoms with Crippen molar-refractivity contribution in [3.05, 3.63) is 47.5 Å². The standard InChI is InChI=1S/C20H27N/c1-2-6-17(7-3-1)16-21-14-12-20(13-15-21)11-10-18-8-4-5-9-19(18)20/h1-2,4-5,8-9,17H,3,6-7,10-16H2/t17-/m1/s1. The molecule has 2 aliphatic carbocycles. The van der Waals surface area contributed by atoms with Crippen LogP contribution in [-0.4, -0.2) is 24.5 Å². The lowest BCUT2D eigenvalue weighted by atomic mass is 9.73. The molecular formula is C20H27N. The van der Waals surface area contributed by atoms with Gasteiger partial charge in [-0.2, -0.15) is 0 Å². The number of fused-ring (bicyclic) bond motifs is 2. The largest absolute Gasteiger partial charge is 0.303 e. The lowest BCUT2D eigenvalue weighted by molar-refractivity contribution is 0.136. The summed E-state index contributed by atoms with van der Waals surface area (Å²) in [5, 5.41) is 0. The molecule has 1 aromatic carbocycles. The summed E-state index contributed by atoms with van der Waals surface area (Å²) in [6.07, 6.45) is 14.2. The molecule has 0 bridgehead atoms. The molecule has 1 nitrogen and oxygen atoms in total. The zero-order valence-electron chi connectivity index (χ0n) is 13.1. The molecule has 1 spiro atoms. The van der Waals surface area contributed by atoms with Crippen molar-refractivity contribution in [3.8, 4) is 0 Å². The Balaban J connectivity index is 1.40. The average molecular weight is 281 g/mol. The van der Waals surface area contributed by atoms with Gasteiger partial charge in [0.2, 0.25) is 0 Å². The topological polar surface area (TPSA) is 3.24 Å². The van der Waals surface area contributed by atoms with E-state index in [0.717, 1.165) is 5.92 Å². The number of likely N-dealkylation sites (tertiary alicyclic amines) is 1. The van der Waals surface area contributed by atoms with E-state index in [9.17, 15) is 0 Å². The number of hydrogen-bond acceptors (Lipinski definition) is 1. The number of benzene rings is 1. The Morgan fingerprint density at radius 2 is 1.90 bits per heavy atom. The van der Waals surface area contributed by atoms with Gasteiger partial charge >= 0.3 is 0 Å². The summed E-state index contributed by atoms with van der Waals surface area (Å²) in [4.78, 5) is 2.75. The van der Waals surface area contributed by atoms with Crippen molar-refractivity contribution in [1.82, 2.24) is 4.90 Å². The third-order valence-corrected chi connectivity index (χ3v) is 6.17. The smallest absolute Gasteiger partial charge is 0.00127 e. The van der Waals surface area contributed by atoms with Crippen LogP contribution in [0.5, 0.6) is 0 Å². The molecule has 4 rings (SSSR count). The predicted molar refractivity (Wildman–Crippen MR) is 88.6 cm³/mol. The van der Waals surface area contributed by atoms with Crippen molar-refractivity contribution in [2.75, 3.05) is 19.6 Å². The summed E-state index contributed by atoms with van der Waals surface area (Å²) in [5.41, 5.74) is 3.84. The molecule has 1 heterocycles. The third kappa shape index (κ3) is 2.57. The minimum atomic E-state index is 0.527. The molecule has 1 heteroatoms. The minimum Gasteiger partial charge on any atom is -0.303 e. The molecule has 0 aromatic heterocycles. The lowest BCUT2D eigenvalue weighted by Crippen LogP contribution is -2.43. The lowest BCUT2D eigenvalue weighted by Gasteiger charge is -2.41. The zero-order valence-corrected chi connectivity index (χ0v) is 13.1. The van der Waals surface area contributed by atoms with E-state index >= 15 is 0 Å². The van der Waals surface area contributed by atoms with Crippen molar-refractivity contribution in [3.63, 3.8) is 0 Å². The van der Waals surface area contributed by atoms with Crippen LogP contribution in [0.3, 0.4) is 0 Å². The Bertz CT molecular complexity index is 522. The van der Waals surface area contributed by atoms with E-state index in [2.05, 4.69) is 41.3 Å². The zero-order chi connectivity index (χ0) is 14.1. The molecule has 1 atom stereocenters. The molecule has 3 aliphatic rings. The summed E-state index contributed by atoms with van der Waals surface area (Å²) < 4.78 is 0. The molecule has 0 amide bonds. The molecule has 1 fully saturated rings. The van der Waals surface area contributed by atoms with Crippen LogP contribution in [0.4, 0.5) is 0 Å². The first-order chi connectivity index (χ1) is 10.4. The summed E-state index contributed by atoms with van der Waals surface area (Å²) >= 11 is 0. The number of allylic oxidation sites excluding steroid dienone is 2. The van der Waals surface area contributed by atoms with E-state index in [-0.39, 0.29) is 0 Å². The summed E-state index contributed by atoms with van der Waals surface area (Å²) in [6.45, 7) is 3.96. The van der Waals surface area contributed by atoms with E-state index < -0.39 is 0 Å².